The molecule has 0 spiro atoms. The van der Waals surface area contributed by atoms with Crippen molar-refractivity contribution in [3.8, 4) is 5.75 Å². The molecule has 4 heteroatoms. The first-order valence-corrected chi connectivity index (χ1v) is 8.06. The largest absolute Gasteiger partial charge is 0.484 e. The van der Waals surface area contributed by atoms with E-state index in [1.807, 2.05) is 12.1 Å². The number of benzene rings is 1. The van der Waals surface area contributed by atoms with Crippen LogP contribution in [0.3, 0.4) is 0 Å². The Morgan fingerprint density at radius 1 is 1.23 bits per heavy atom. The number of carbonyl (C=O) groups is 1. The van der Waals surface area contributed by atoms with Crippen LogP contribution in [0.4, 0.5) is 0 Å². The molecule has 22 heavy (non-hydrogen) atoms. The summed E-state index contributed by atoms with van der Waals surface area (Å²) in [6, 6.07) is 8.27. The van der Waals surface area contributed by atoms with Crippen molar-refractivity contribution in [2.45, 2.75) is 45.1 Å². The zero-order valence-electron chi connectivity index (χ0n) is 14.2. The number of hydrogen-bond acceptors (Lipinski definition) is 3. The fraction of sp³-hybridized carbons (Fsp3) is 0.611. The Hall–Kier alpha value is -1.55. The number of ether oxygens (including phenoxy) is 1. The van der Waals surface area contributed by atoms with Gasteiger partial charge >= 0.3 is 0 Å². The van der Waals surface area contributed by atoms with Crippen molar-refractivity contribution in [1.82, 2.24) is 10.2 Å². The van der Waals surface area contributed by atoms with E-state index in [2.05, 4.69) is 50.2 Å². The third kappa shape index (κ3) is 5.02. The average molecular weight is 304 g/mol. The van der Waals surface area contributed by atoms with Crippen molar-refractivity contribution in [1.29, 1.82) is 0 Å². The van der Waals surface area contributed by atoms with Crippen LogP contribution < -0.4 is 10.1 Å². The van der Waals surface area contributed by atoms with Gasteiger partial charge in [-0.15, -0.1) is 0 Å². The fourth-order valence-corrected chi connectivity index (χ4v) is 2.62. The molecular formula is C18H28N2O2. The predicted octanol–water partition coefficient (Wildman–Crippen LogP) is 2.57. The van der Waals surface area contributed by atoms with E-state index >= 15 is 0 Å². The molecule has 1 aliphatic heterocycles. The van der Waals surface area contributed by atoms with Crippen LogP contribution in [0.25, 0.3) is 0 Å². The molecule has 0 radical (unpaired) electrons. The Balaban J connectivity index is 1.76. The molecule has 1 aliphatic rings. The second-order valence-corrected chi connectivity index (χ2v) is 7.21. The smallest absolute Gasteiger partial charge is 0.258 e. The predicted molar refractivity (Wildman–Crippen MR) is 89.3 cm³/mol. The molecule has 0 aromatic heterocycles. The van der Waals surface area contributed by atoms with Gasteiger partial charge < -0.3 is 15.0 Å². The summed E-state index contributed by atoms with van der Waals surface area (Å²) in [6.07, 6.45) is 2.03. The summed E-state index contributed by atoms with van der Waals surface area (Å²) in [7, 11) is 2.11. The third-order valence-electron chi connectivity index (χ3n) is 4.17. The van der Waals surface area contributed by atoms with E-state index in [1.54, 1.807) is 0 Å². The van der Waals surface area contributed by atoms with Crippen LogP contribution in [0.2, 0.25) is 0 Å². The lowest BCUT2D eigenvalue weighted by atomic mass is 9.87. The molecule has 1 heterocycles. The van der Waals surface area contributed by atoms with Gasteiger partial charge in [0.1, 0.15) is 5.75 Å². The normalized spacial score (nSPS) is 17.3. The molecule has 0 bridgehead atoms. The second kappa shape index (κ2) is 7.14. The maximum absolute atomic E-state index is 11.9. The van der Waals surface area contributed by atoms with E-state index < -0.39 is 0 Å². The Bertz CT molecular complexity index is 483. The highest BCUT2D eigenvalue weighted by molar-refractivity contribution is 5.77. The van der Waals surface area contributed by atoms with Gasteiger partial charge in [-0.05, 0) is 56.1 Å². The molecule has 1 amide bonds. The zero-order chi connectivity index (χ0) is 16.2. The van der Waals surface area contributed by atoms with Crippen molar-refractivity contribution in [2.24, 2.45) is 0 Å². The maximum atomic E-state index is 11.9. The summed E-state index contributed by atoms with van der Waals surface area (Å²) in [5, 5.41) is 3.05. The summed E-state index contributed by atoms with van der Waals surface area (Å²) in [5.41, 5.74) is 1.39. The molecule has 0 aliphatic carbocycles. The van der Waals surface area contributed by atoms with E-state index in [4.69, 9.17) is 4.74 Å². The lowest BCUT2D eigenvalue weighted by Gasteiger charge is -2.29. The number of rotatable bonds is 4. The monoisotopic (exact) mass is 304 g/mol. The van der Waals surface area contributed by atoms with Crippen LogP contribution in [0.1, 0.15) is 39.2 Å². The van der Waals surface area contributed by atoms with E-state index in [9.17, 15) is 4.79 Å². The van der Waals surface area contributed by atoms with Crippen LogP contribution >= 0.6 is 0 Å². The first-order chi connectivity index (χ1) is 10.3. The van der Waals surface area contributed by atoms with Gasteiger partial charge in [-0.2, -0.15) is 0 Å². The maximum Gasteiger partial charge on any atom is 0.258 e. The van der Waals surface area contributed by atoms with Crippen molar-refractivity contribution in [3.63, 3.8) is 0 Å². The molecule has 2 rings (SSSR count). The van der Waals surface area contributed by atoms with Gasteiger partial charge in [0.25, 0.3) is 5.91 Å². The number of nitrogens with one attached hydrogen (secondary N) is 1. The highest BCUT2D eigenvalue weighted by atomic mass is 16.5. The Morgan fingerprint density at radius 2 is 1.82 bits per heavy atom. The lowest BCUT2D eigenvalue weighted by Crippen LogP contribution is -2.44. The van der Waals surface area contributed by atoms with Crippen molar-refractivity contribution < 1.29 is 9.53 Å². The fourth-order valence-electron chi connectivity index (χ4n) is 2.62. The van der Waals surface area contributed by atoms with Gasteiger partial charge in [0.15, 0.2) is 6.61 Å². The number of nitrogens with zero attached hydrogens (tertiary/aromatic N) is 1. The van der Waals surface area contributed by atoms with Gasteiger partial charge in [0, 0.05) is 6.04 Å². The Kier molecular flexibility index (Phi) is 5.46. The second-order valence-electron chi connectivity index (χ2n) is 7.21. The standard InChI is InChI=1S/C18H28N2O2/c1-18(2,3)14-5-7-16(8-6-14)22-13-17(21)19-15-9-11-20(4)12-10-15/h5-8,15H,9-13H2,1-4H3,(H,19,21). The highest BCUT2D eigenvalue weighted by Crippen LogP contribution is 2.24. The minimum atomic E-state index is -0.0329. The van der Waals surface area contributed by atoms with Gasteiger partial charge in [0.05, 0.1) is 0 Å². The van der Waals surface area contributed by atoms with Crippen LogP contribution in [-0.4, -0.2) is 43.6 Å². The molecule has 1 aromatic rings. The van der Waals surface area contributed by atoms with Gasteiger partial charge in [-0.1, -0.05) is 32.9 Å². The molecule has 0 saturated carbocycles. The number of amides is 1. The zero-order valence-corrected chi connectivity index (χ0v) is 14.2. The first kappa shape index (κ1) is 16.8. The van der Waals surface area contributed by atoms with Gasteiger partial charge in [-0.3, -0.25) is 4.79 Å². The molecule has 1 N–H and O–H groups in total. The minimum Gasteiger partial charge on any atom is -0.484 e. The van der Waals surface area contributed by atoms with E-state index in [-0.39, 0.29) is 24.0 Å². The van der Waals surface area contributed by atoms with Crippen molar-refractivity contribution in [3.05, 3.63) is 29.8 Å². The topological polar surface area (TPSA) is 41.6 Å². The average Bonchev–Trinajstić information content (AvgIpc) is 2.47. The van der Waals surface area contributed by atoms with Crippen molar-refractivity contribution >= 4 is 5.91 Å². The number of likely N-dealkylation sites (tertiary alicyclic amines) is 1. The summed E-state index contributed by atoms with van der Waals surface area (Å²) in [5.74, 6) is 0.709. The van der Waals surface area contributed by atoms with E-state index in [0.29, 0.717) is 0 Å². The molecular weight excluding hydrogens is 276 g/mol. The third-order valence-corrected chi connectivity index (χ3v) is 4.17. The van der Waals surface area contributed by atoms with Crippen LogP contribution in [0.5, 0.6) is 5.75 Å². The molecule has 1 aromatic carbocycles. The van der Waals surface area contributed by atoms with E-state index in [1.165, 1.54) is 5.56 Å². The quantitative estimate of drug-likeness (QED) is 0.929. The molecule has 4 nitrogen and oxygen atoms in total. The molecule has 0 unspecified atom stereocenters. The summed E-state index contributed by atoms with van der Waals surface area (Å²) < 4.78 is 5.58. The number of carbonyl (C=O) groups excluding carboxylic acids is 1. The van der Waals surface area contributed by atoms with Crippen molar-refractivity contribution in [2.75, 3.05) is 26.7 Å². The molecule has 1 saturated heterocycles. The number of hydrogen-bond donors (Lipinski definition) is 1. The Labute approximate surface area is 133 Å². The summed E-state index contributed by atoms with van der Waals surface area (Å²) in [6.45, 7) is 8.70. The van der Waals surface area contributed by atoms with Crippen LogP contribution in [-0.2, 0) is 10.2 Å². The van der Waals surface area contributed by atoms with Gasteiger partial charge in [-0.25, -0.2) is 0 Å². The molecule has 122 valence electrons. The van der Waals surface area contributed by atoms with Crippen LogP contribution in [0, 0.1) is 0 Å². The van der Waals surface area contributed by atoms with E-state index in [0.717, 1.165) is 31.7 Å². The lowest BCUT2D eigenvalue weighted by molar-refractivity contribution is -0.124. The van der Waals surface area contributed by atoms with Gasteiger partial charge in [0.2, 0.25) is 0 Å². The Morgan fingerprint density at radius 3 is 2.36 bits per heavy atom. The summed E-state index contributed by atoms with van der Waals surface area (Å²) in [4.78, 5) is 14.2. The first-order valence-electron chi connectivity index (χ1n) is 8.06. The molecule has 0 atom stereocenters. The summed E-state index contributed by atoms with van der Waals surface area (Å²) >= 11 is 0. The minimum absolute atomic E-state index is 0.0329. The highest BCUT2D eigenvalue weighted by Gasteiger charge is 2.18. The molecule has 1 fully saturated rings. The van der Waals surface area contributed by atoms with Crippen LogP contribution in [0.15, 0.2) is 24.3 Å². The SMILES string of the molecule is CN1CCC(NC(=O)COc2ccc(C(C)(C)C)cc2)CC1. The number of piperidine rings is 1.